The fraction of sp³-hybridized carbons (Fsp3) is 0.684. The van der Waals surface area contributed by atoms with Gasteiger partial charge < -0.3 is 5.32 Å². The van der Waals surface area contributed by atoms with Gasteiger partial charge in [-0.05, 0) is 55.5 Å². The molecule has 0 aromatic heterocycles. The first-order chi connectivity index (χ1) is 9.70. The Morgan fingerprint density at radius 2 is 1.80 bits per heavy atom. The maximum Gasteiger partial charge on any atom is 0.000791 e. The number of hydrogen-bond donors (Lipinski definition) is 1. The SMILES string of the molecule is CC(C)CC1(CNCCCc2ccccc2)CCCC1. The van der Waals surface area contributed by atoms with Gasteiger partial charge in [0.25, 0.3) is 0 Å². The highest BCUT2D eigenvalue weighted by atomic mass is 14.9. The van der Waals surface area contributed by atoms with Crippen LogP contribution in [0.1, 0.15) is 57.9 Å². The summed E-state index contributed by atoms with van der Waals surface area (Å²) in [7, 11) is 0. The number of nitrogens with one attached hydrogen (secondary N) is 1. The van der Waals surface area contributed by atoms with E-state index in [9.17, 15) is 0 Å². The van der Waals surface area contributed by atoms with Crippen LogP contribution in [0.15, 0.2) is 30.3 Å². The summed E-state index contributed by atoms with van der Waals surface area (Å²) in [5, 5.41) is 3.74. The first-order valence-corrected chi connectivity index (χ1v) is 8.45. The van der Waals surface area contributed by atoms with Gasteiger partial charge in [-0.1, -0.05) is 57.0 Å². The van der Waals surface area contributed by atoms with Crippen molar-refractivity contribution in [1.29, 1.82) is 0 Å². The van der Waals surface area contributed by atoms with Crippen molar-refractivity contribution in [2.45, 2.75) is 58.8 Å². The van der Waals surface area contributed by atoms with E-state index >= 15 is 0 Å². The molecule has 1 heteroatoms. The second kappa shape index (κ2) is 7.83. The van der Waals surface area contributed by atoms with Crippen molar-refractivity contribution in [3.8, 4) is 0 Å². The molecule has 0 spiro atoms. The second-order valence-corrected chi connectivity index (χ2v) is 7.07. The van der Waals surface area contributed by atoms with E-state index < -0.39 is 0 Å². The van der Waals surface area contributed by atoms with Crippen molar-refractivity contribution in [3.05, 3.63) is 35.9 Å². The Morgan fingerprint density at radius 3 is 2.45 bits per heavy atom. The third-order valence-corrected chi connectivity index (χ3v) is 4.67. The molecular formula is C19H31N. The van der Waals surface area contributed by atoms with Crippen LogP contribution in [0.5, 0.6) is 0 Å². The normalized spacial score (nSPS) is 17.8. The van der Waals surface area contributed by atoms with Crippen molar-refractivity contribution < 1.29 is 0 Å². The van der Waals surface area contributed by atoms with Crippen LogP contribution in [-0.4, -0.2) is 13.1 Å². The summed E-state index contributed by atoms with van der Waals surface area (Å²) in [5.74, 6) is 0.833. The standard InChI is InChI=1S/C19H31N/c1-17(2)15-19(12-6-7-13-19)16-20-14-8-11-18-9-4-3-5-10-18/h3-5,9-10,17,20H,6-8,11-16H2,1-2H3. The Labute approximate surface area is 125 Å². The first kappa shape index (κ1) is 15.6. The predicted octanol–water partition coefficient (Wildman–Crippen LogP) is 4.82. The van der Waals surface area contributed by atoms with E-state index in [4.69, 9.17) is 0 Å². The van der Waals surface area contributed by atoms with Crippen molar-refractivity contribution in [1.82, 2.24) is 5.32 Å². The van der Waals surface area contributed by atoms with Crippen molar-refractivity contribution in [2.75, 3.05) is 13.1 Å². The van der Waals surface area contributed by atoms with Gasteiger partial charge in [-0.2, -0.15) is 0 Å². The average molecular weight is 273 g/mol. The van der Waals surface area contributed by atoms with E-state index in [0.29, 0.717) is 5.41 Å². The summed E-state index contributed by atoms with van der Waals surface area (Å²) in [6.07, 6.45) is 9.62. The molecule has 0 bridgehead atoms. The maximum absolute atomic E-state index is 3.74. The lowest BCUT2D eigenvalue weighted by molar-refractivity contribution is 0.224. The zero-order valence-electron chi connectivity index (χ0n) is 13.3. The number of aryl methyl sites for hydroxylation is 1. The van der Waals surface area contributed by atoms with Crippen LogP contribution < -0.4 is 5.32 Å². The minimum atomic E-state index is 0.612. The Balaban J connectivity index is 1.66. The molecular weight excluding hydrogens is 242 g/mol. The van der Waals surface area contributed by atoms with E-state index in [-0.39, 0.29) is 0 Å². The quantitative estimate of drug-likeness (QED) is 0.670. The zero-order valence-corrected chi connectivity index (χ0v) is 13.3. The summed E-state index contributed by atoms with van der Waals surface area (Å²) in [6, 6.07) is 10.8. The Hall–Kier alpha value is -0.820. The van der Waals surface area contributed by atoms with Crippen LogP contribution in [0.3, 0.4) is 0 Å². The molecule has 2 rings (SSSR count). The molecule has 1 aliphatic carbocycles. The molecule has 0 radical (unpaired) electrons. The average Bonchev–Trinajstić information content (AvgIpc) is 2.87. The van der Waals surface area contributed by atoms with Gasteiger partial charge in [0.05, 0.1) is 0 Å². The molecule has 1 aliphatic rings. The van der Waals surface area contributed by atoms with Crippen LogP contribution >= 0.6 is 0 Å². The second-order valence-electron chi connectivity index (χ2n) is 7.07. The minimum absolute atomic E-state index is 0.612. The van der Waals surface area contributed by atoms with E-state index in [0.717, 1.165) is 12.5 Å². The molecule has 1 aromatic rings. The fourth-order valence-corrected chi connectivity index (χ4v) is 3.86. The van der Waals surface area contributed by atoms with Crippen LogP contribution in [-0.2, 0) is 6.42 Å². The van der Waals surface area contributed by atoms with Crippen molar-refractivity contribution in [2.24, 2.45) is 11.3 Å². The van der Waals surface area contributed by atoms with Crippen LogP contribution in [0.4, 0.5) is 0 Å². The van der Waals surface area contributed by atoms with Gasteiger partial charge >= 0.3 is 0 Å². The van der Waals surface area contributed by atoms with Crippen molar-refractivity contribution >= 4 is 0 Å². The molecule has 20 heavy (non-hydrogen) atoms. The van der Waals surface area contributed by atoms with Gasteiger partial charge in [0.2, 0.25) is 0 Å². The molecule has 0 aliphatic heterocycles. The summed E-state index contributed by atoms with van der Waals surface area (Å²) in [6.45, 7) is 7.14. The smallest absolute Gasteiger partial charge is 0.000791 e. The summed E-state index contributed by atoms with van der Waals surface area (Å²) < 4.78 is 0. The molecule has 0 amide bonds. The fourth-order valence-electron chi connectivity index (χ4n) is 3.86. The number of benzene rings is 1. The number of rotatable bonds is 8. The van der Waals surface area contributed by atoms with E-state index in [2.05, 4.69) is 49.5 Å². The molecule has 1 nitrogen and oxygen atoms in total. The summed E-state index contributed by atoms with van der Waals surface area (Å²) in [4.78, 5) is 0. The monoisotopic (exact) mass is 273 g/mol. The van der Waals surface area contributed by atoms with Gasteiger partial charge in [-0.25, -0.2) is 0 Å². The van der Waals surface area contributed by atoms with Crippen LogP contribution in [0.2, 0.25) is 0 Å². The Bertz CT molecular complexity index is 363. The highest BCUT2D eigenvalue weighted by molar-refractivity contribution is 5.14. The Kier molecular flexibility index (Phi) is 6.09. The van der Waals surface area contributed by atoms with Crippen LogP contribution in [0.25, 0.3) is 0 Å². The lowest BCUT2D eigenvalue weighted by atomic mass is 9.78. The topological polar surface area (TPSA) is 12.0 Å². The third kappa shape index (κ3) is 4.94. The first-order valence-electron chi connectivity index (χ1n) is 8.45. The molecule has 0 heterocycles. The number of hydrogen-bond acceptors (Lipinski definition) is 1. The van der Waals surface area contributed by atoms with Gasteiger partial charge in [0.15, 0.2) is 0 Å². The minimum Gasteiger partial charge on any atom is -0.316 e. The molecule has 1 N–H and O–H groups in total. The highest BCUT2D eigenvalue weighted by Crippen LogP contribution is 2.42. The Morgan fingerprint density at radius 1 is 1.10 bits per heavy atom. The molecule has 0 saturated heterocycles. The third-order valence-electron chi connectivity index (χ3n) is 4.67. The maximum atomic E-state index is 3.74. The summed E-state index contributed by atoms with van der Waals surface area (Å²) >= 11 is 0. The van der Waals surface area contributed by atoms with E-state index in [1.54, 1.807) is 0 Å². The zero-order chi connectivity index (χ0) is 14.3. The lowest BCUT2D eigenvalue weighted by Gasteiger charge is -2.31. The molecule has 1 aromatic carbocycles. The van der Waals surface area contributed by atoms with Crippen LogP contribution in [0, 0.1) is 11.3 Å². The van der Waals surface area contributed by atoms with Gasteiger partial charge in [0, 0.05) is 6.54 Å². The van der Waals surface area contributed by atoms with Crippen molar-refractivity contribution in [3.63, 3.8) is 0 Å². The molecule has 1 fully saturated rings. The highest BCUT2D eigenvalue weighted by Gasteiger charge is 2.33. The molecule has 112 valence electrons. The summed E-state index contributed by atoms with van der Waals surface area (Å²) in [5.41, 5.74) is 2.08. The van der Waals surface area contributed by atoms with Gasteiger partial charge in [-0.15, -0.1) is 0 Å². The largest absolute Gasteiger partial charge is 0.316 e. The molecule has 0 atom stereocenters. The molecule has 1 saturated carbocycles. The molecule has 0 unspecified atom stereocenters. The van der Waals surface area contributed by atoms with Gasteiger partial charge in [0.1, 0.15) is 0 Å². The van der Waals surface area contributed by atoms with E-state index in [1.165, 1.54) is 57.1 Å². The van der Waals surface area contributed by atoms with E-state index in [1.807, 2.05) is 0 Å². The predicted molar refractivity (Wildman–Crippen MR) is 88.0 cm³/mol. The lowest BCUT2D eigenvalue weighted by Crippen LogP contribution is -2.34. The van der Waals surface area contributed by atoms with Gasteiger partial charge in [-0.3, -0.25) is 0 Å².